The summed E-state index contributed by atoms with van der Waals surface area (Å²) in [7, 11) is -2.21. The van der Waals surface area contributed by atoms with Gasteiger partial charge < -0.3 is 9.26 Å². The largest absolute Gasteiger partial charge is 0.497 e. The van der Waals surface area contributed by atoms with Crippen molar-refractivity contribution in [3.63, 3.8) is 0 Å². The van der Waals surface area contributed by atoms with Crippen molar-refractivity contribution in [3.8, 4) is 17.1 Å². The number of nitrogens with one attached hydrogen (secondary N) is 1. The fourth-order valence-electron chi connectivity index (χ4n) is 2.45. The number of hydrogen-bond donors (Lipinski definition) is 1. The Morgan fingerprint density at radius 3 is 2.46 bits per heavy atom. The molecule has 26 heavy (non-hydrogen) atoms. The van der Waals surface area contributed by atoms with E-state index >= 15 is 0 Å². The molecular weight excluding hydrogens is 354 g/mol. The van der Waals surface area contributed by atoms with E-state index in [1.165, 1.54) is 19.2 Å². The highest BCUT2D eigenvalue weighted by Crippen LogP contribution is 2.23. The van der Waals surface area contributed by atoms with Gasteiger partial charge in [0, 0.05) is 5.56 Å². The van der Waals surface area contributed by atoms with Crippen molar-refractivity contribution in [1.29, 1.82) is 0 Å². The average Bonchev–Trinajstić information content (AvgIpc) is 3.12. The summed E-state index contributed by atoms with van der Waals surface area (Å²) in [6, 6.07) is 13.1. The third-order valence-corrected chi connectivity index (χ3v) is 5.46. The van der Waals surface area contributed by atoms with Gasteiger partial charge in [0.15, 0.2) is 0 Å². The van der Waals surface area contributed by atoms with E-state index in [0.717, 1.165) is 11.1 Å². The predicted octanol–water partition coefficient (Wildman–Crippen LogP) is 3.09. The molecule has 2 aromatic carbocycles. The summed E-state index contributed by atoms with van der Waals surface area (Å²) in [5.74, 6) is 1.20. The molecule has 0 spiro atoms. The number of rotatable bonds is 6. The van der Waals surface area contributed by atoms with Gasteiger partial charge in [-0.25, -0.2) is 8.42 Å². The molecule has 1 heterocycles. The lowest BCUT2D eigenvalue weighted by atomic mass is 10.1. The van der Waals surface area contributed by atoms with Gasteiger partial charge in [0.2, 0.25) is 21.7 Å². The highest BCUT2D eigenvalue weighted by Gasteiger charge is 2.23. The highest BCUT2D eigenvalue weighted by molar-refractivity contribution is 7.89. The van der Waals surface area contributed by atoms with Gasteiger partial charge in [-0.3, -0.25) is 0 Å². The van der Waals surface area contributed by atoms with Crippen molar-refractivity contribution in [2.24, 2.45) is 0 Å². The number of ether oxygens (including phenoxy) is 1. The van der Waals surface area contributed by atoms with Gasteiger partial charge in [0.05, 0.1) is 18.0 Å². The number of benzene rings is 2. The third-order valence-electron chi connectivity index (χ3n) is 3.90. The van der Waals surface area contributed by atoms with Crippen molar-refractivity contribution >= 4 is 10.0 Å². The zero-order valence-electron chi connectivity index (χ0n) is 14.6. The molecule has 0 aliphatic rings. The Bertz CT molecular complexity index is 997. The maximum absolute atomic E-state index is 12.5. The lowest BCUT2D eigenvalue weighted by Crippen LogP contribution is -2.27. The minimum atomic E-state index is -3.73. The summed E-state index contributed by atoms with van der Waals surface area (Å²) in [5, 5.41) is 3.96. The first-order chi connectivity index (χ1) is 12.4. The molecule has 1 aromatic heterocycles. The summed E-state index contributed by atoms with van der Waals surface area (Å²) < 4.78 is 37.8. The summed E-state index contributed by atoms with van der Waals surface area (Å²) in [6.07, 6.45) is 0. The summed E-state index contributed by atoms with van der Waals surface area (Å²) in [5.41, 5.74) is 1.85. The van der Waals surface area contributed by atoms with E-state index in [0.29, 0.717) is 11.6 Å². The normalized spacial score (nSPS) is 12.7. The smallest absolute Gasteiger partial charge is 0.244 e. The van der Waals surface area contributed by atoms with Gasteiger partial charge in [-0.2, -0.15) is 9.71 Å². The molecule has 0 bridgehead atoms. The van der Waals surface area contributed by atoms with E-state index in [4.69, 9.17) is 9.26 Å². The van der Waals surface area contributed by atoms with Gasteiger partial charge in [-0.15, -0.1) is 0 Å². The van der Waals surface area contributed by atoms with Crippen molar-refractivity contribution in [3.05, 3.63) is 60.0 Å². The molecule has 0 radical (unpaired) electrons. The van der Waals surface area contributed by atoms with E-state index in [1.807, 2.05) is 31.2 Å². The van der Waals surface area contributed by atoms with Gasteiger partial charge >= 0.3 is 0 Å². The zero-order chi connectivity index (χ0) is 18.7. The van der Waals surface area contributed by atoms with Crippen LogP contribution in [0.3, 0.4) is 0 Å². The Kier molecular flexibility index (Phi) is 5.06. The molecule has 3 rings (SSSR count). The fourth-order valence-corrected chi connectivity index (χ4v) is 3.65. The SMILES string of the molecule is COc1ccc(S(=O)(=O)N[C@H](C)c2nc(-c3ccccc3C)no2)cc1. The number of aromatic nitrogens is 2. The van der Waals surface area contributed by atoms with Crippen LogP contribution in [-0.4, -0.2) is 25.7 Å². The van der Waals surface area contributed by atoms with Crippen LogP contribution >= 0.6 is 0 Å². The van der Waals surface area contributed by atoms with Crippen LogP contribution in [0.15, 0.2) is 57.9 Å². The topological polar surface area (TPSA) is 94.3 Å². The maximum atomic E-state index is 12.5. The van der Waals surface area contributed by atoms with Gasteiger partial charge in [-0.05, 0) is 43.7 Å². The fraction of sp³-hybridized carbons (Fsp3) is 0.222. The second kappa shape index (κ2) is 7.27. The first kappa shape index (κ1) is 18.1. The standard InChI is InChI=1S/C18H19N3O4S/c1-12-6-4-5-7-16(12)17-19-18(25-20-17)13(2)21-26(22,23)15-10-8-14(24-3)9-11-15/h4-11,13,21H,1-3H3/t13-/m1/s1. The van der Waals surface area contributed by atoms with Crippen molar-refractivity contribution in [2.45, 2.75) is 24.8 Å². The quantitative estimate of drug-likeness (QED) is 0.713. The molecular formula is C18H19N3O4S. The van der Waals surface area contributed by atoms with Crippen molar-refractivity contribution < 1.29 is 17.7 Å². The molecule has 7 nitrogen and oxygen atoms in total. The molecule has 1 N–H and O–H groups in total. The van der Waals surface area contributed by atoms with Crippen molar-refractivity contribution in [2.75, 3.05) is 7.11 Å². The Hall–Kier alpha value is -2.71. The van der Waals surface area contributed by atoms with E-state index < -0.39 is 16.1 Å². The molecule has 0 aliphatic heterocycles. The Morgan fingerprint density at radius 1 is 1.12 bits per heavy atom. The van der Waals surface area contributed by atoms with Crippen LogP contribution in [0.25, 0.3) is 11.4 Å². The average molecular weight is 373 g/mol. The second-order valence-corrected chi connectivity index (χ2v) is 7.50. The van der Waals surface area contributed by atoms with Crippen LogP contribution in [0.2, 0.25) is 0 Å². The monoisotopic (exact) mass is 373 g/mol. The lowest BCUT2D eigenvalue weighted by molar-refractivity contribution is 0.354. The number of aryl methyl sites for hydroxylation is 1. The molecule has 0 amide bonds. The Labute approximate surface area is 152 Å². The number of nitrogens with zero attached hydrogens (tertiary/aromatic N) is 2. The minimum absolute atomic E-state index is 0.129. The maximum Gasteiger partial charge on any atom is 0.244 e. The lowest BCUT2D eigenvalue weighted by Gasteiger charge is -2.11. The predicted molar refractivity (Wildman–Crippen MR) is 96.2 cm³/mol. The Morgan fingerprint density at radius 2 is 1.81 bits per heavy atom. The molecule has 136 valence electrons. The molecule has 1 atom stereocenters. The molecule has 8 heteroatoms. The summed E-state index contributed by atoms with van der Waals surface area (Å²) >= 11 is 0. The molecule has 0 fully saturated rings. The molecule has 3 aromatic rings. The van der Waals surface area contributed by atoms with E-state index in [-0.39, 0.29) is 10.8 Å². The van der Waals surface area contributed by atoms with Crippen LogP contribution in [0.4, 0.5) is 0 Å². The van der Waals surface area contributed by atoms with Gasteiger partial charge in [0.1, 0.15) is 5.75 Å². The number of hydrogen-bond acceptors (Lipinski definition) is 6. The van der Waals surface area contributed by atoms with Crippen LogP contribution < -0.4 is 9.46 Å². The Balaban J connectivity index is 1.79. The van der Waals surface area contributed by atoms with E-state index in [9.17, 15) is 8.42 Å². The van der Waals surface area contributed by atoms with E-state index in [2.05, 4.69) is 14.9 Å². The number of sulfonamides is 1. The highest BCUT2D eigenvalue weighted by atomic mass is 32.2. The zero-order valence-corrected chi connectivity index (χ0v) is 15.4. The molecule has 0 unspecified atom stereocenters. The third kappa shape index (κ3) is 3.76. The summed E-state index contributed by atoms with van der Waals surface area (Å²) in [6.45, 7) is 3.59. The molecule has 0 aliphatic carbocycles. The number of methoxy groups -OCH3 is 1. The second-order valence-electron chi connectivity index (χ2n) is 5.79. The van der Waals surface area contributed by atoms with Gasteiger partial charge in [0.25, 0.3) is 0 Å². The van der Waals surface area contributed by atoms with Crippen LogP contribution in [0.1, 0.15) is 24.4 Å². The van der Waals surface area contributed by atoms with Crippen molar-refractivity contribution in [1.82, 2.24) is 14.9 Å². The molecule has 0 saturated heterocycles. The minimum Gasteiger partial charge on any atom is -0.497 e. The van der Waals surface area contributed by atoms with Gasteiger partial charge in [-0.1, -0.05) is 29.4 Å². The first-order valence-electron chi connectivity index (χ1n) is 7.96. The van der Waals surface area contributed by atoms with E-state index in [1.54, 1.807) is 19.1 Å². The van der Waals surface area contributed by atoms with Crippen LogP contribution in [0, 0.1) is 6.92 Å². The van der Waals surface area contributed by atoms with Crippen LogP contribution in [-0.2, 0) is 10.0 Å². The summed E-state index contributed by atoms with van der Waals surface area (Å²) in [4.78, 5) is 4.45. The first-order valence-corrected chi connectivity index (χ1v) is 9.45. The molecule has 0 saturated carbocycles. The van der Waals surface area contributed by atoms with Crippen LogP contribution in [0.5, 0.6) is 5.75 Å².